The van der Waals surface area contributed by atoms with E-state index in [0.29, 0.717) is 12.0 Å². The Labute approximate surface area is 55.6 Å². The summed E-state index contributed by atoms with van der Waals surface area (Å²) >= 11 is 0. The lowest BCUT2D eigenvalue weighted by Crippen LogP contribution is -2.29. The summed E-state index contributed by atoms with van der Waals surface area (Å²) in [5.41, 5.74) is 3.00. The predicted molar refractivity (Wildman–Crippen MR) is 39.4 cm³/mol. The third-order valence-corrected chi connectivity index (χ3v) is 1.42. The Hall–Kier alpha value is -0.790. The maximum absolute atomic E-state index is 3.92. The van der Waals surface area contributed by atoms with Crippen molar-refractivity contribution in [3.8, 4) is 0 Å². The summed E-state index contributed by atoms with van der Waals surface area (Å²) in [4.78, 5) is 0. The minimum Gasteiger partial charge on any atom is -0.303 e. The topological polar surface area (TPSA) is 24.4 Å². The summed E-state index contributed by atoms with van der Waals surface area (Å²) in [5.74, 6) is 0.624. The van der Waals surface area contributed by atoms with Crippen molar-refractivity contribution in [3.05, 3.63) is 12.2 Å². The summed E-state index contributed by atoms with van der Waals surface area (Å²) < 4.78 is 0. The number of rotatable bonds is 1. The SMILES string of the molecule is CC(C)C1C=CC=NN1. The second kappa shape index (κ2) is 2.67. The molecule has 1 atom stereocenters. The number of allylic oxidation sites excluding steroid dienone is 1. The first-order chi connectivity index (χ1) is 4.30. The van der Waals surface area contributed by atoms with Crippen LogP contribution in [0, 0.1) is 5.92 Å². The Morgan fingerprint density at radius 1 is 1.56 bits per heavy atom. The smallest absolute Gasteiger partial charge is 0.0646 e. The summed E-state index contributed by atoms with van der Waals surface area (Å²) in [5, 5.41) is 3.92. The van der Waals surface area contributed by atoms with Gasteiger partial charge in [0, 0.05) is 6.21 Å². The molecule has 2 nitrogen and oxygen atoms in total. The summed E-state index contributed by atoms with van der Waals surface area (Å²) in [7, 11) is 0. The van der Waals surface area contributed by atoms with Crippen LogP contribution in [0.3, 0.4) is 0 Å². The summed E-state index contributed by atoms with van der Waals surface area (Å²) in [6.45, 7) is 4.34. The van der Waals surface area contributed by atoms with Crippen molar-refractivity contribution in [1.82, 2.24) is 5.43 Å². The average Bonchev–Trinajstić information content (AvgIpc) is 1.90. The summed E-state index contributed by atoms with van der Waals surface area (Å²) in [6.07, 6.45) is 5.86. The molecular weight excluding hydrogens is 112 g/mol. The van der Waals surface area contributed by atoms with E-state index in [-0.39, 0.29) is 0 Å². The van der Waals surface area contributed by atoms with Crippen molar-refractivity contribution < 1.29 is 0 Å². The van der Waals surface area contributed by atoms with Crippen LogP contribution in [-0.2, 0) is 0 Å². The van der Waals surface area contributed by atoms with E-state index in [1.165, 1.54) is 0 Å². The standard InChI is InChI=1S/C7H12N2/c1-6(2)7-4-3-5-8-9-7/h3-7,9H,1-2H3. The first kappa shape index (κ1) is 6.33. The first-order valence-corrected chi connectivity index (χ1v) is 3.26. The second-order valence-corrected chi connectivity index (χ2v) is 2.56. The average molecular weight is 124 g/mol. The zero-order valence-electron chi connectivity index (χ0n) is 5.83. The van der Waals surface area contributed by atoms with Crippen LogP contribution in [0.15, 0.2) is 17.3 Å². The first-order valence-electron chi connectivity index (χ1n) is 3.26. The van der Waals surface area contributed by atoms with Gasteiger partial charge >= 0.3 is 0 Å². The van der Waals surface area contributed by atoms with Crippen molar-refractivity contribution in [2.75, 3.05) is 0 Å². The molecule has 0 aliphatic carbocycles. The highest BCUT2D eigenvalue weighted by Crippen LogP contribution is 2.03. The van der Waals surface area contributed by atoms with Gasteiger partial charge in [-0.1, -0.05) is 19.9 Å². The van der Waals surface area contributed by atoms with Crippen LogP contribution in [0.1, 0.15) is 13.8 Å². The zero-order valence-corrected chi connectivity index (χ0v) is 5.83. The van der Waals surface area contributed by atoms with Crippen LogP contribution >= 0.6 is 0 Å². The normalized spacial score (nSPS) is 24.6. The molecule has 0 bridgehead atoms. The van der Waals surface area contributed by atoms with Gasteiger partial charge in [0.25, 0.3) is 0 Å². The number of nitrogens with zero attached hydrogens (tertiary/aromatic N) is 1. The lowest BCUT2D eigenvalue weighted by Gasteiger charge is -2.17. The third kappa shape index (κ3) is 1.56. The van der Waals surface area contributed by atoms with Gasteiger partial charge in [-0.3, -0.25) is 0 Å². The Morgan fingerprint density at radius 3 is 2.67 bits per heavy atom. The molecule has 0 radical (unpaired) electrons. The molecule has 1 unspecified atom stereocenters. The molecule has 1 N–H and O–H groups in total. The van der Waals surface area contributed by atoms with Gasteiger partial charge in [-0.25, -0.2) is 0 Å². The van der Waals surface area contributed by atoms with Crippen LogP contribution in [-0.4, -0.2) is 12.3 Å². The van der Waals surface area contributed by atoms with Gasteiger partial charge in [-0.05, 0) is 12.0 Å². The minimum absolute atomic E-state index is 0.426. The highest BCUT2D eigenvalue weighted by atomic mass is 15.3. The van der Waals surface area contributed by atoms with E-state index in [1.54, 1.807) is 6.21 Å². The van der Waals surface area contributed by atoms with Crippen LogP contribution in [0.25, 0.3) is 0 Å². The fraction of sp³-hybridized carbons (Fsp3) is 0.571. The Bertz CT molecular complexity index is 136. The highest BCUT2D eigenvalue weighted by Gasteiger charge is 2.08. The second-order valence-electron chi connectivity index (χ2n) is 2.56. The third-order valence-electron chi connectivity index (χ3n) is 1.42. The molecule has 9 heavy (non-hydrogen) atoms. The fourth-order valence-corrected chi connectivity index (χ4v) is 0.756. The van der Waals surface area contributed by atoms with Crippen LogP contribution in [0.5, 0.6) is 0 Å². The maximum Gasteiger partial charge on any atom is 0.0646 e. The van der Waals surface area contributed by atoms with E-state index in [0.717, 1.165) is 0 Å². The minimum atomic E-state index is 0.426. The van der Waals surface area contributed by atoms with E-state index in [4.69, 9.17) is 0 Å². The molecule has 0 saturated carbocycles. The van der Waals surface area contributed by atoms with Gasteiger partial charge in [0.05, 0.1) is 6.04 Å². The maximum atomic E-state index is 3.92. The monoisotopic (exact) mass is 124 g/mol. The largest absolute Gasteiger partial charge is 0.303 e. The van der Waals surface area contributed by atoms with Gasteiger partial charge in [-0.15, -0.1) is 0 Å². The van der Waals surface area contributed by atoms with E-state index in [1.807, 2.05) is 6.08 Å². The molecule has 2 heteroatoms. The Balaban J connectivity index is 2.46. The van der Waals surface area contributed by atoms with Crippen LogP contribution in [0.4, 0.5) is 0 Å². The number of hydrogen-bond donors (Lipinski definition) is 1. The van der Waals surface area contributed by atoms with Gasteiger partial charge < -0.3 is 5.43 Å². The van der Waals surface area contributed by atoms with E-state index in [9.17, 15) is 0 Å². The van der Waals surface area contributed by atoms with E-state index >= 15 is 0 Å². The molecule has 1 aliphatic heterocycles. The molecule has 0 saturated heterocycles. The molecule has 0 spiro atoms. The van der Waals surface area contributed by atoms with Crippen molar-refractivity contribution in [2.24, 2.45) is 11.0 Å². The van der Waals surface area contributed by atoms with Crippen LogP contribution in [0.2, 0.25) is 0 Å². The number of nitrogens with one attached hydrogen (secondary N) is 1. The van der Waals surface area contributed by atoms with Gasteiger partial charge in [0.2, 0.25) is 0 Å². The van der Waals surface area contributed by atoms with Crippen LogP contribution < -0.4 is 5.43 Å². The predicted octanol–water partition coefficient (Wildman–Crippen LogP) is 1.16. The zero-order chi connectivity index (χ0) is 6.69. The van der Waals surface area contributed by atoms with Crippen molar-refractivity contribution in [2.45, 2.75) is 19.9 Å². The Kier molecular flexibility index (Phi) is 1.88. The molecular formula is C7H12N2. The van der Waals surface area contributed by atoms with Gasteiger partial charge in [0.1, 0.15) is 0 Å². The van der Waals surface area contributed by atoms with Gasteiger partial charge in [-0.2, -0.15) is 5.10 Å². The van der Waals surface area contributed by atoms with E-state index < -0.39 is 0 Å². The fourth-order valence-electron chi connectivity index (χ4n) is 0.756. The molecule has 0 aromatic carbocycles. The molecule has 1 rings (SSSR count). The molecule has 50 valence electrons. The van der Waals surface area contributed by atoms with Crippen molar-refractivity contribution in [3.63, 3.8) is 0 Å². The lowest BCUT2D eigenvalue weighted by molar-refractivity contribution is 0.475. The molecule has 0 fully saturated rings. The highest BCUT2D eigenvalue weighted by molar-refractivity contribution is 5.71. The molecule has 1 heterocycles. The molecule has 0 aromatic rings. The van der Waals surface area contributed by atoms with Gasteiger partial charge in [0.15, 0.2) is 0 Å². The number of hydrogen-bond acceptors (Lipinski definition) is 2. The molecule has 1 aliphatic rings. The quantitative estimate of drug-likeness (QED) is 0.557. The lowest BCUT2D eigenvalue weighted by atomic mass is 10.0. The van der Waals surface area contributed by atoms with Crippen molar-refractivity contribution in [1.29, 1.82) is 0 Å². The van der Waals surface area contributed by atoms with Crippen molar-refractivity contribution >= 4 is 6.21 Å². The molecule has 0 aromatic heterocycles. The Morgan fingerprint density at radius 2 is 2.33 bits per heavy atom. The number of hydrazone groups is 1. The molecule has 0 amide bonds. The van der Waals surface area contributed by atoms with E-state index in [2.05, 4.69) is 30.5 Å². The summed E-state index contributed by atoms with van der Waals surface area (Å²) in [6, 6.07) is 0.426.